The number of ether oxygens (including phenoxy) is 1. The average molecular weight is 471 g/mol. The zero-order valence-electron chi connectivity index (χ0n) is 18.5. The third-order valence-corrected chi connectivity index (χ3v) is 6.47. The molecule has 3 heterocycles. The van der Waals surface area contributed by atoms with Gasteiger partial charge in [-0.3, -0.25) is 9.59 Å². The lowest BCUT2D eigenvalue weighted by Gasteiger charge is -2.23. The molecule has 0 unspecified atom stereocenters. The highest BCUT2D eigenvalue weighted by molar-refractivity contribution is 7.13. The Balaban J connectivity index is 1.57. The molecule has 0 bridgehead atoms. The highest BCUT2D eigenvalue weighted by Gasteiger charge is 2.21. The molecule has 7 nitrogen and oxygen atoms in total. The van der Waals surface area contributed by atoms with Crippen molar-refractivity contribution in [3.05, 3.63) is 93.9 Å². The second-order valence-corrected chi connectivity index (χ2v) is 8.75. The van der Waals surface area contributed by atoms with Gasteiger partial charge in [-0.2, -0.15) is 0 Å². The quantitative estimate of drug-likeness (QED) is 0.379. The molecule has 0 aliphatic carbocycles. The zero-order chi connectivity index (χ0) is 23.5. The molecule has 0 aliphatic rings. The number of methoxy groups -OCH3 is 1. The molecule has 0 saturated carbocycles. The monoisotopic (exact) mass is 470 g/mol. The first-order valence-electron chi connectivity index (χ1n) is 10.8. The summed E-state index contributed by atoms with van der Waals surface area (Å²) < 4.78 is 5.26. The van der Waals surface area contributed by atoms with Crippen LogP contribution >= 0.6 is 11.3 Å². The summed E-state index contributed by atoms with van der Waals surface area (Å²) in [5.74, 6) is 0.245. The molecule has 5 aromatic rings. The first kappa shape index (κ1) is 21.9. The average Bonchev–Trinajstić information content (AvgIpc) is 3.41. The SMILES string of the molecule is COCCN(Cc1nc2ccccc2c(=O)[nH]1)C(=O)c1cc(-c2cccs2)nc2ccccc12. The van der Waals surface area contributed by atoms with E-state index in [1.807, 2.05) is 53.9 Å². The van der Waals surface area contributed by atoms with Gasteiger partial charge in [-0.1, -0.05) is 36.4 Å². The number of pyridine rings is 1. The van der Waals surface area contributed by atoms with E-state index in [1.165, 1.54) is 0 Å². The van der Waals surface area contributed by atoms with Gasteiger partial charge in [0.1, 0.15) is 5.82 Å². The Morgan fingerprint density at radius 1 is 1.00 bits per heavy atom. The van der Waals surface area contributed by atoms with Crippen molar-refractivity contribution < 1.29 is 9.53 Å². The smallest absolute Gasteiger partial charge is 0.258 e. The molecule has 0 atom stereocenters. The summed E-state index contributed by atoms with van der Waals surface area (Å²) in [7, 11) is 1.59. The number of para-hydroxylation sites is 2. The van der Waals surface area contributed by atoms with Gasteiger partial charge in [0, 0.05) is 19.0 Å². The molecular weight excluding hydrogens is 448 g/mol. The number of hydrogen-bond acceptors (Lipinski definition) is 6. The molecule has 0 radical (unpaired) electrons. The highest BCUT2D eigenvalue weighted by atomic mass is 32.1. The maximum Gasteiger partial charge on any atom is 0.258 e. The lowest BCUT2D eigenvalue weighted by Crippen LogP contribution is -2.35. The van der Waals surface area contributed by atoms with Crippen LogP contribution in [0.1, 0.15) is 16.2 Å². The second kappa shape index (κ2) is 9.54. The number of aromatic amines is 1. The van der Waals surface area contributed by atoms with Crippen molar-refractivity contribution in [2.75, 3.05) is 20.3 Å². The standard InChI is InChI=1S/C26H22N4O3S/c1-33-13-12-30(16-24-28-21-10-5-3-8-18(21)25(31)29-24)26(32)19-15-22(23-11-6-14-34-23)27-20-9-4-2-7-17(19)20/h2-11,14-15H,12-13,16H2,1H3,(H,28,29,31). The van der Waals surface area contributed by atoms with Crippen LogP contribution in [0, 0.1) is 0 Å². The summed E-state index contributed by atoms with van der Waals surface area (Å²) in [6.45, 7) is 0.842. The number of thiophene rings is 1. The topological polar surface area (TPSA) is 88.2 Å². The van der Waals surface area contributed by atoms with E-state index in [0.29, 0.717) is 35.4 Å². The predicted molar refractivity (Wildman–Crippen MR) is 134 cm³/mol. The fourth-order valence-corrected chi connectivity index (χ4v) is 4.60. The number of amides is 1. The molecule has 2 aromatic carbocycles. The third-order valence-electron chi connectivity index (χ3n) is 5.58. The van der Waals surface area contributed by atoms with Gasteiger partial charge in [-0.15, -0.1) is 11.3 Å². The maximum absolute atomic E-state index is 13.9. The van der Waals surface area contributed by atoms with Crippen LogP contribution in [0.25, 0.3) is 32.4 Å². The third kappa shape index (κ3) is 4.33. The normalized spacial score (nSPS) is 11.2. The van der Waals surface area contributed by atoms with E-state index in [9.17, 15) is 9.59 Å². The van der Waals surface area contributed by atoms with Crippen molar-refractivity contribution in [1.82, 2.24) is 19.9 Å². The van der Waals surface area contributed by atoms with Gasteiger partial charge in [-0.05, 0) is 35.7 Å². The number of carbonyl (C=O) groups excluding carboxylic acids is 1. The number of carbonyl (C=O) groups is 1. The Hall–Kier alpha value is -3.88. The minimum atomic E-state index is -0.228. The summed E-state index contributed by atoms with van der Waals surface area (Å²) in [4.78, 5) is 41.2. The first-order chi connectivity index (χ1) is 16.6. The van der Waals surface area contributed by atoms with E-state index in [2.05, 4.69) is 9.97 Å². The fraction of sp³-hybridized carbons (Fsp3) is 0.154. The van der Waals surface area contributed by atoms with E-state index in [4.69, 9.17) is 9.72 Å². The Morgan fingerprint density at radius 2 is 1.74 bits per heavy atom. The number of benzene rings is 2. The minimum Gasteiger partial charge on any atom is -0.383 e. The van der Waals surface area contributed by atoms with Crippen molar-refractivity contribution in [2.45, 2.75) is 6.54 Å². The number of rotatable bonds is 7. The molecule has 1 amide bonds. The van der Waals surface area contributed by atoms with Crippen molar-refractivity contribution >= 4 is 39.0 Å². The van der Waals surface area contributed by atoms with Crippen molar-refractivity contribution in [3.63, 3.8) is 0 Å². The van der Waals surface area contributed by atoms with Crippen molar-refractivity contribution in [3.8, 4) is 10.6 Å². The predicted octanol–water partition coefficient (Wildman–Crippen LogP) is 4.49. The molecule has 34 heavy (non-hydrogen) atoms. The summed E-state index contributed by atoms with van der Waals surface area (Å²) in [5.41, 5.74) is 2.42. The van der Waals surface area contributed by atoms with E-state index >= 15 is 0 Å². The molecule has 0 fully saturated rings. The van der Waals surface area contributed by atoms with Crippen molar-refractivity contribution in [1.29, 1.82) is 0 Å². The van der Waals surface area contributed by atoms with Gasteiger partial charge in [0.15, 0.2) is 0 Å². The van der Waals surface area contributed by atoms with Crippen LogP contribution in [0.2, 0.25) is 0 Å². The molecule has 0 aliphatic heterocycles. The van der Waals surface area contributed by atoms with Gasteiger partial charge >= 0.3 is 0 Å². The largest absolute Gasteiger partial charge is 0.383 e. The van der Waals surface area contributed by atoms with Crippen LogP contribution in [-0.2, 0) is 11.3 Å². The summed E-state index contributed by atoms with van der Waals surface area (Å²) >= 11 is 1.58. The molecule has 1 N–H and O–H groups in total. The molecular formula is C26H22N4O3S. The van der Waals surface area contributed by atoms with Crippen LogP contribution < -0.4 is 5.56 Å². The van der Waals surface area contributed by atoms with Gasteiger partial charge in [0.05, 0.1) is 45.7 Å². The summed E-state index contributed by atoms with van der Waals surface area (Å²) in [6.07, 6.45) is 0. The van der Waals surface area contributed by atoms with Gasteiger partial charge < -0.3 is 14.6 Å². The number of H-pyrrole nitrogens is 1. The Bertz CT molecular complexity index is 1530. The molecule has 3 aromatic heterocycles. The lowest BCUT2D eigenvalue weighted by atomic mass is 10.1. The molecule has 5 rings (SSSR count). The Kier molecular flexibility index (Phi) is 6.16. The molecule has 0 saturated heterocycles. The van der Waals surface area contributed by atoms with Crippen LogP contribution in [0.5, 0.6) is 0 Å². The summed E-state index contributed by atoms with van der Waals surface area (Å²) in [6, 6.07) is 20.6. The Labute approximate surface area is 199 Å². The fourth-order valence-electron chi connectivity index (χ4n) is 3.92. The second-order valence-electron chi connectivity index (χ2n) is 7.80. The number of hydrogen-bond donors (Lipinski definition) is 1. The van der Waals surface area contributed by atoms with E-state index < -0.39 is 0 Å². The van der Waals surface area contributed by atoms with Crippen molar-refractivity contribution in [2.24, 2.45) is 0 Å². The van der Waals surface area contributed by atoms with E-state index in [-0.39, 0.29) is 18.0 Å². The number of nitrogens with one attached hydrogen (secondary N) is 1. The highest BCUT2D eigenvalue weighted by Crippen LogP contribution is 2.28. The zero-order valence-corrected chi connectivity index (χ0v) is 19.3. The summed E-state index contributed by atoms with van der Waals surface area (Å²) in [5, 5.41) is 3.28. The van der Waals surface area contributed by atoms with Crippen LogP contribution in [0.3, 0.4) is 0 Å². The van der Waals surface area contributed by atoms with Gasteiger partial charge in [-0.25, -0.2) is 9.97 Å². The minimum absolute atomic E-state index is 0.146. The van der Waals surface area contributed by atoms with Gasteiger partial charge in [0.25, 0.3) is 11.5 Å². The maximum atomic E-state index is 13.9. The molecule has 8 heteroatoms. The molecule has 170 valence electrons. The Morgan fingerprint density at radius 3 is 2.47 bits per heavy atom. The number of nitrogens with zero attached hydrogens (tertiary/aromatic N) is 3. The van der Waals surface area contributed by atoms with Crippen LogP contribution in [0.15, 0.2) is 76.9 Å². The van der Waals surface area contributed by atoms with Crippen LogP contribution in [-0.4, -0.2) is 46.0 Å². The first-order valence-corrected chi connectivity index (χ1v) is 11.7. The number of fused-ring (bicyclic) bond motifs is 2. The molecule has 0 spiro atoms. The van der Waals surface area contributed by atoms with Crippen LogP contribution in [0.4, 0.5) is 0 Å². The van der Waals surface area contributed by atoms with E-state index in [1.54, 1.807) is 41.5 Å². The van der Waals surface area contributed by atoms with Gasteiger partial charge in [0.2, 0.25) is 0 Å². The van der Waals surface area contributed by atoms with E-state index in [0.717, 1.165) is 21.5 Å². The number of aromatic nitrogens is 3. The lowest BCUT2D eigenvalue weighted by molar-refractivity contribution is 0.0677.